The highest BCUT2D eigenvalue weighted by Gasteiger charge is 2.36. The zero-order valence-electron chi connectivity index (χ0n) is 21.6. The highest BCUT2D eigenvalue weighted by atomic mass is 15.3. The van der Waals surface area contributed by atoms with Crippen molar-refractivity contribution in [3.63, 3.8) is 0 Å². The Labute approximate surface area is 206 Å². The number of likely N-dealkylation sites (tertiary alicyclic amines) is 2. The van der Waals surface area contributed by atoms with E-state index in [1.54, 1.807) is 0 Å². The average molecular weight is 459 g/mol. The van der Waals surface area contributed by atoms with Gasteiger partial charge in [-0.25, -0.2) is 0 Å². The summed E-state index contributed by atoms with van der Waals surface area (Å²) >= 11 is 0. The topological polar surface area (TPSA) is 13.0 Å². The molecule has 0 bridgehead atoms. The van der Waals surface area contributed by atoms with Crippen molar-refractivity contribution >= 4 is 11.4 Å². The van der Waals surface area contributed by atoms with E-state index >= 15 is 0 Å². The lowest BCUT2D eigenvalue weighted by molar-refractivity contribution is 0.0977. The summed E-state index contributed by atoms with van der Waals surface area (Å²) in [6.07, 6.45) is 2.77. The standard InChI is InChI=1S/C30H42N4/c1-22-17-24(7-12-29(22)34-20-28(21-34)32-15-6-16-32)23(2)30(3,4)25-8-10-26(11-9-25)33-18-27(19-33)31-13-5-14-31/h7-12,17,23,27-28H,5-6,13-16,18-21H2,1-4H3. The van der Waals surface area contributed by atoms with Gasteiger partial charge < -0.3 is 9.80 Å². The first kappa shape index (κ1) is 22.4. The molecule has 0 aliphatic carbocycles. The minimum Gasteiger partial charge on any atom is -0.368 e. The molecule has 4 nitrogen and oxygen atoms in total. The molecule has 0 radical (unpaired) electrons. The second-order valence-electron chi connectivity index (χ2n) is 11.9. The van der Waals surface area contributed by atoms with Crippen LogP contribution in [0.1, 0.15) is 56.2 Å². The first-order valence-electron chi connectivity index (χ1n) is 13.6. The fourth-order valence-electron chi connectivity index (χ4n) is 6.26. The predicted molar refractivity (Wildman–Crippen MR) is 143 cm³/mol. The Bertz CT molecular complexity index is 1010. The fraction of sp³-hybridized carbons (Fsp3) is 0.600. The van der Waals surface area contributed by atoms with Crippen LogP contribution in [0, 0.1) is 6.92 Å². The molecule has 0 amide bonds. The zero-order chi connectivity index (χ0) is 23.4. The molecule has 34 heavy (non-hydrogen) atoms. The van der Waals surface area contributed by atoms with E-state index in [1.165, 1.54) is 93.3 Å². The summed E-state index contributed by atoms with van der Waals surface area (Å²) < 4.78 is 0. The van der Waals surface area contributed by atoms with Gasteiger partial charge in [0.2, 0.25) is 0 Å². The molecular formula is C30H42N4. The normalized spacial score (nSPS) is 23.2. The zero-order valence-corrected chi connectivity index (χ0v) is 21.6. The lowest BCUT2D eigenvalue weighted by Gasteiger charge is -2.50. The van der Waals surface area contributed by atoms with Crippen LogP contribution in [-0.2, 0) is 5.41 Å². The molecule has 1 unspecified atom stereocenters. The fourth-order valence-corrected chi connectivity index (χ4v) is 6.26. The van der Waals surface area contributed by atoms with Gasteiger partial charge in [0.1, 0.15) is 0 Å². The predicted octanol–water partition coefficient (Wildman–Crippen LogP) is 4.86. The second kappa shape index (κ2) is 8.57. The molecule has 4 heterocycles. The van der Waals surface area contributed by atoms with E-state index in [1.807, 2.05) is 0 Å². The van der Waals surface area contributed by atoms with Gasteiger partial charge in [0.15, 0.2) is 0 Å². The molecule has 4 aliphatic rings. The van der Waals surface area contributed by atoms with Gasteiger partial charge >= 0.3 is 0 Å². The summed E-state index contributed by atoms with van der Waals surface area (Å²) in [6, 6.07) is 18.2. The molecule has 2 aromatic carbocycles. The van der Waals surface area contributed by atoms with E-state index in [4.69, 9.17) is 0 Å². The van der Waals surface area contributed by atoms with Crippen molar-refractivity contribution in [1.29, 1.82) is 0 Å². The highest BCUT2D eigenvalue weighted by molar-refractivity contribution is 5.58. The molecule has 4 aliphatic heterocycles. The number of anilines is 2. The molecule has 0 saturated carbocycles. The van der Waals surface area contributed by atoms with Crippen LogP contribution in [0.2, 0.25) is 0 Å². The van der Waals surface area contributed by atoms with Crippen molar-refractivity contribution in [2.24, 2.45) is 0 Å². The van der Waals surface area contributed by atoms with Gasteiger partial charge in [-0.15, -0.1) is 0 Å². The lowest BCUT2D eigenvalue weighted by Crippen LogP contribution is -2.63. The summed E-state index contributed by atoms with van der Waals surface area (Å²) in [4.78, 5) is 10.4. The third kappa shape index (κ3) is 3.83. The number of nitrogens with zero attached hydrogens (tertiary/aromatic N) is 4. The molecular weight excluding hydrogens is 416 g/mol. The summed E-state index contributed by atoms with van der Waals surface area (Å²) in [6.45, 7) is 19.5. The lowest BCUT2D eigenvalue weighted by atomic mass is 9.71. The maximum Gasteiger partial charge on any atom is 0.0446 e. The molecule has 6 rings (SSSR count). The minimum absolute atomic E-state index is 0.0843. The number of rotatable bonds is 7. The third-order valence-corrected chi connectivity index (χ3v) is 9.66. The Morgan fingerprint density at radius 1 is 0.765 bits per heavy atom. The largest absolute Gasteiger partial charge is 0.368 e. The molecule has 2 aromatic rings. The van der Waals surface area contributed by atoms with Crippen molar-refractivity contribution in [1.82, 2.24) is 9.80 Å². The maximum absolute atomic E-state index is 2.64. The van der Waals surface area contributed by atoms with Gasteiger partial charge in [0, 0.05) is 49.6 Å². The maximum atomic E-state index is 2.64. The first-order valence-corrected chi connectivity index (χ1v) is 13.6. The summed E-state index contributed by atoms with van der Waals surface area (Å²) in [7, 11) is 0. The summed E-state index contributed by atoms with van der Waals surface area (Å²) in [5, 5.41) is 0. The Kier molecular flexibility index (Phi) is 5.65. The molecule has 4 fully saturated rings. The van der Waals surface area contributed by atoms with E-state index in [9.17, 15) is 0 Å². The van der Waals surface area contributed by atoms with Crippen LogP contribution in [-0.4, -0.2) is 74.2 Å². The van der Waals surface area contributed by atoms with Crippen LogP contribution in [0.15, 0.2) is 42.5 Å². The third-order valence-electron chi connectivity index (χ3n) is 9.66. The number of hydrogen-bond acceptors (Lipinski definition) is 4. The number of aryl methyl sites for hydroxylation is 1. The number of hydrogen-bond donors (Lipinski definition) is 0. The van der Waals surface area contributed by atoms with Crippen LogP contribution >= 0.6 is 0 Å². The average Bonchev–Trinajstić information content (AvgIpc) is 2.70. The van der Waals surface area contributed by atoms with E-state index in [0.717, 1.165) is 12.1 Å². The molecule has 4 saturated heterocycles. The molecule has 182 valence electrons. The van der Waals surface area contributed by atoms with Gasteiger partial charge in [-0.05, 0) is 92.2 Å². The highest BCUT2D eigenvalue weighted by Crippen LogP contribution is 2.41. The molecule has 1 atom stereocenters. The van der Waals surface area contributed by atoms with Gasteiger partial charge in [-0.2, -0.15) is 0 Å². The number of benzene rings is 2. The Hall–Kier alpha value is -2.04. The van der Waals surface area contributed by atoms with Crippen LogP contribution in [0.4, 0.5) is 11.4 Å². The summed E-state index contributed by atoms with van der Waals surface area (Å²) in [5.74, 6) is 0.455. The Morgan fingerprint density at radius 2 is 1.32 bits per heavy atom. The van der Waals surface area contributed by atoms with E-state index in [2.05, 4.69) is 89.8 Å². The van der Waals surface area contributed by atoms with E-state index in [-0.39, 0.29) is 5.41 Å². The van der Waals surface area contributed by atoms with Crippen molar-refractivity contribution in [2.45, 2.75) is 64.0 Å². The monoisotopic (exact) mass is 458 g/mol. The van der Waals surface area contributed by atoms with Gasteiger partial charge in [0.05, 0.1) is 0 Å². The van der Waals surface area contributed by atoms with E-state index in [0.29, 0.717) is 5.92 Å². The van der Waals surface area contributed by atoms with Crippen LogP contribution in [0.25, 0.3) is 0 Å². The van der Waals surface area contributed by atoms with Crippen LogP contribution in [0.5, 0.6) is 0 Å². The SMILES string of the molecule is Cc1cc(C(C)C(C)(C)c2ccc(N3CC(N4CCC4)C3)cc2)ccc1N1CC(N2CCC2)C1. The van der Waals surface area contributed by atoms with Crippen molar-refractivity contribution in [2.75, 3.05) is 62.2 Å². The van der Waals surface area contributed by atoms with Crippen LogP contribution < -0.4 is 9.80 Å². The van der Waals surface area contributed by atoms with Crippen LogP contribution in [0.3, 0.4) is 0 Å². The minimum atomic E-state index is 0.0843. The molecule has 4 heteroatoms. The first-order chi connectivity index (χ1) is 16.4. The molecule has 0 aromatic heterocycles. The van der Waals surface area contributed by atoms with Gasteiger partial charge in [-0.3, -0.25) is 9.80 Å². The summed E-state index contributed by atoms with van der Waals surface area (Å²) in [5.41, 5.74) is 7.21. The van der Waals surface area contributed by atoms with E-state index < -0.39 is 0 Å². The van der Waals surface area contributed by atoms with Crippen molar-refractivity contribution < 1.29 is 0 Å². The smallest absolute Gasteiger partial charge is 0.0446 e. The van der Waals surface area contributed by atoms with Gasteiger partial charge in [-0.1, -0.05) is 45.0 Å². The van der Waals surface area contributed by atoms with Crippen molar-refractivity contribution in [3.05, 3.63) is 59.2 Å². The second-order valence-corrected chi connectivity index (χ2v) is 11.9. The quantitative estimate of drug-likeness (QED) is 0.587. The van der Waals surface area contributed by atoms with Gasteiger partial charge in [0.25, 0.3) is 0 Å². The molecule has 0 spiro atoms. The Morgan fingerprint density at radius 3 is 1.82 bits per heavy atom. The van der Waals surface area contributed by atoms with Crippen molar-refractivity contribution in [3.8, 4) is 0 Å². The Balaban J connectivity index is 1.10. The molecule has 0 N–H and O–H groups in total.